The molecule has 8 heteroatoms. The minimum Gasteiger partial charge on any atom is -0.383 e. The molecule has 7 nitrogen and oxygen atoms in total. The monoisotopic (exact) mass is 399 g/mol. The van der Waals surface area contributed by atoms with Gasteiger partial charge in [-0.25, -0.2) is 13.8 Å². The van der Waals surface area contributed by atoms with E-state index in [1.54, 1.807) is 37.3 Å². The van der Waals surface area contributed by atoms with E-state index in [0.29, 0.717) is 18.5 Å². The van der Waals surface area contributed by atoms with Crippen LogP contribution in [0.5, 0.6) is 0 Å². The van der Waals surface area contributed by atoms with Crippen molar-refractivity contribution in [3.8, 4) is 5.69 Å². The third-order valence-corrected chi connectivity index (χ3v) is 4.69. The smallest absolute Gasteiger partial charge is 0.336 e. The van der Waals surface area contributed by atoms with Gasteiger partial charge in [0.25, 0.3) is 5.56 Å². The molecule has 3 aromatic rings. The molecule has 0 aliphatic rings. The molecule has 3 rings (SSSR count). The second kappa shape index (κ2) is 8.83. The fourth-order valence-electron chi connectivity index (χ4n) is 3.31. The lowest BCUT2D eigenvalue weighted by Gasteiger charge is -2.21. The van der Waals surface area contributed by atoms with Gasteiger partial charge in [-0.2, -0.15) is 0 Å². The van der Waals surface area contributed by atoms with Crippen molar-refractivity contribution in [2.45, 2.75) is 19.4 Å². The minimum absolute atomic E-state index is 0.156. The molecule has 1 aromatic heterocycles. The Kier molecular flexibility index (Phi) is 6.23. The van der Waals surface area contributed by atoms with Gasteiger partial charge in [0.15, 0.2) is 0 Å². The van der Waals surface area contributed by atoms with E-state index < -0.39 is 23.1 Å². The lowest BCUT2D eigenvalue weighted by Crippen LogP contribution is -2.45. The van der Waals surface area contributed by atoms with Gasteiger partial charge in [0.05, 0.1) is 23.2 Å². The SMILES string of the molecule is CCC(C(=O)NCCOC)n1c(=O)n(-c2ccccc2F)c(=O)c2ccccc21. The van der Waals surface area contributed by atoms with E-state index in [0.717, 1.165) is 4.57 Å². The summed E-state index contributed by atoms with van der Waals surface area (Å²) in [5.74, 6) is -1.08. The van der Waals surface area contributed by atoms with Crippen LogP contribution in [-0.2, 0) is 9.53 Å². The van der Waals surface area contributed by atoms with E-state index >= 15 is 0 Å². The first-order valence-electron chi connectivity index (χ1n) is 9.29. The Bertz CT molecular complexity index is 1150. The van der Waals surface area contributed by atoms with E-state index in [4.69, 9.17) is 4.74 Å². The molecule has 0 spiro atoms. The molecule has 1 unspecified atom stereocenters. The number of hydrogen-bond acceptors (Lipinski definition) is 4. The number of fused-ring (bicyclic) bond motifs is 1. The molecular formula is C21H22FN3O4. The van der Waals surface area contributed by atoms with Crippen molar-refractivity contribution in [2.24, 2.45) is 0 Å². The number of carbonyl (C=O) groups is 1. The Morgan fingerprint density at radius 3 is 2.52 bits per heavy atom. The summed E-state index contributed by atoms with van der Waals surface area (Å²) in [7, 11) is 1.52. The maximum Gasteiger partial charge on any atom is 0.336 e. The Hall–Kier alpha value is -3.26. The van der Waals surface area contributed by atoms with Gasteiger partial charge in [0, 0.05) is 13.7 Å². The van der Waals surface area contributed by atoms with Crippen molar-refractivity contribution in [3.05, 3.63) is 75.2 Å². The van der Waals surface area contributed by atoms with Crippen molar-refractivity contribution in [2.75, 3.05) is 20.3 Å². The fraction of sp³-hybridized carbons (Fsp3) is 0.286. The van der Waals surface area contributed by atoms with Crippen LogP contribution in [-0.4, -0.2) is 35.3 Å². The maximum absolute atomic E-state index is 14.4. The summed E-state index contributed by atoms with van der Waals surface area (Å²) in [5, 5.41) is 2.95. The number of nitrogens with zero attached hydrogens (tertiary/aromatic N) is 2. The van der Waals surface area contributed by atoms with Gasteiger partial charge < -0.3 is 10.1 Å². The van der Waals surface area contributed by atoms with Gasteiger partial charge in [-0.15, -0.1) is 0 Å². The standard InChI is InChI=1S/C21H22FN3O4/c1-3-16(19(26)23-12-13-29-2)24-17-10-6-4-8-14(17)20(27)25(21(24)28)18-11-7-5-9-15(18)22/h4-11,16H,3,12-13H2,1-2H3,(H,23,26). The quantitative estimate of drug-likeness (QED) is 0.616. The van der Waals surface area contributed by atoms with E-state index in [1.807, 2.05) is 0 Å². The molecule has 29 heavy (non-hydrogen) atoms. The van der Waals surface area contributed by atoms with Gasteiger partial charge in [-0.05, 0) is 30.7 Å². The van der Waals surface area contributed by atoms with Gasteiger partial charge in [-0.1, -0.05) is 31.2 Å². The Morgan fingerprint density at radius 1 is 1.14 bits per heavy atom. The van der Waals surface area contributed by atoms with Crippen LogP contribution in [0.3, 0.4) is 0 Å². The molecule has 0 aliphatic carbocycles. The lowest BCUT2D eigenvalue weighted by atomic mass is 10.1. The summed E-state index contributed by atoms with van der Waals surface area (Å²) >= 11 is 0. The second-order valence-corrected chi connectivity index (χ2v) is 6.47. The zero-order valence-corrected chi connectivity index (χ0v) is 16.2. The number of benzene rings is 2. The van der Waals surface area contributed by atoms with Gasteiger partial charge in [0.1, 0.15) is 11.9 Å². The van der Waals surface area contributed by atoms with Crippen molar-refractivity contribution in [3.63, 3.8) is 0 Å². The number of nitrogens with one attached hydrogen (secondary N) is 1. The van der Waals surface area contributed by atoms with E-state index in [-0.39, 0.29) is 23.5 Å². The highest BCUT2D eigenvalue weighted by molar-refractivity contribution is 5.84. The Morgan fingerprint density at radius 2 is 1.83 bits per heavy atom. The number of methoxy groups -OCH3 is 1. The van der Waals surface area contributed by atoms with Crippen LogP contribution in [0.4, 0.5) is 4.39 Å². The molecule has 2 aromatic carbocycles. The second-order valence-electron chi connectivity index (χ2n) is 6.47. The highest BCUT2D eigenvalue weighted by atomic mass is 19.1. The van der Waals surface area contributed by atoms with Crippen LogP contribution in [0, 0.1) is 5.82 Å². The maximum atomic E-state index is 14.4. The zero-order valence-electron chi connectivity index (χ0n) is 16.2. The number of rotatable bonds is 7. The third kappa shape index (κ3) is 3.84. The van der Waals surface area contributed by atoms with Crippen molar-refractivity contribution < 1.29 is 13.9 Å². The number of ether oxygens (including phenoxy) is 1. The van der Waals surface area contributed by atoms with Crippen LogP contribution in [0.1, 0.15) is 19.4 Å². The van der Waals surface area contributed by atoms with E-state index in [1.165, 1.54) is 29.9 Å². The predicted octanol–water partition coefficient (Wildman–Crippen LogP) is 2.01. The number of amides is 1. The highest BCUT2D eigenvalue weighted by Crippen LogP contribution is 2.18. The molecule has 1 amide bonds. The third-order valence-electron chi connectivity index (χ3n) is 4.69. The largest absolute Gasteiger partial charge is 0.383 e. The number of halogens is 1. The summed E-state index contributed by atoms with van der Waals surface area (Å²) in [6.07, 6.45) is 0.304. The first-order valence-corrected chi connectivity index (χ1v) is 9.29. The molecule has 1 heterocycles. The summed E-state index contributed by atoms with van der Waals surface area (Å²) in [5.41, 5.74) is -1.24. The summed E-state index contributed by atoms with van der Waals surface area (Å²) in [6, 6.07) is 11.2. The minimum atomic E-state index is -0.872. The highest BCUT2D eigenvalue weighted by Gasteiger charge is 2.25. The first-order chi connectivity index (χ1) is 14.0. The van der Waals surface area contributed by atoms with Gasteiger partial charge in [-0.3, -0.25) is 14.2 Å². The van der Waals surface area contributed by atoms with Crippen LogP contribution in [0.2, 0.25) is 0 Å². The molecule has 1 atom stereocenters. The topological polar surface area (TPSA) is 82.3 Å². The zero-order chi connectivity index (χ0) is 21.0. The number of hydrogen-bond donors (Lipinski definition) is 1. The van der Waals surface area contributed by atoms with E-state index in [9.17, 15) is 18.8 Å². The Labute approximate surface area is 166 Å². The van der Waals surface area contributed by atoms with Gasteiger partial charge in [0.2, 0.25) is 5.91 Å². The number of carbonyl (C=O) groups excluding carboxylic acids is 1. The molecule has 0 saturated carbocycles. The summed E-state index contributed by atoms with van der Waals surface area (Å²) < 4.78 is 21.4. The molecular weight excluding hydrogens is 377 g/mol. The van der Waals surface area contributed by atoms with Gasteiger partial charge >= 0.3 is 5.69 Å². The van der Waals surface area contributed by atoms with Crippen molar-refractivity contribution in [1.29, 1.82) is 0 Å². The number of para-hydroxylation sites is 2. The van der Waals surface area contributed by atoms with Crippen LogP contribution >= 0.6 is 0 Å². The normalized spacial score (nSPS) is 12.1. The molecule has 0 fully saturated rings. The molecule has 1 N–H and O–H groups in total. The van der Waals surface area contributed by atoms with Crippen molar-refractivity contribution in [1.82, 2.24) is 14.5 Å². The molecule has 0 aliphatic heterocycles. The molecule has 152 valence electrons. The average molecular weight is 399 g/mol. The van der Waals surface area contributed by atoms with Crippen LogP contribution < -0.4 is 16.6 Å². The Balaban J connectivity index is 2.29. The summed E-state index contributed by atoms with van der Waals surface area (Å²) in [4.78, 5) is 39.1. The van der Waals surface area contributed by atoms with Crippen LogP contribution in [0.15, 0.2) is 58.1 Å². The first kappa shape index (κ1) is 20.5. The lowest BCUT2D eigenvalue weighted by molar-refractivity contribution is -0.124. The molecule has 0 radical (unpaired) electrons. The number of aromatic nitrogens is 2. The van der Waals surface area contributed by atoms with Crippen molar-refractivity contribution >= 4 is 16.8 Å². The molecule has 0 saturated heterocycles. The molecule has 0 bridgehead atoms. The van der Waals surface area contributed by atoms with Crippen LogP contribution in [0.25, 0.3) is 16.6 Å². The van der Waals surface area contributed by atoms with E-state index in [2.05, 4.69) is 5.32 Å². The fourth-order valence-corrected chi connectivity index (χ4v) is 3.31. The average Bonchev–Trinajstić information content (AvgIpc) is 2.72. The summed E-state index contributed by atoms with van der Waals surface area (Å²) in [6.45, 7) is 2.37. The predicted molar refractivity (Wildman–Crippen MR) is 108 cm³/mol.